The van der Waals surface area contributed by atoms with Gasteiger partial charge in [0.1, 0.15) is 36.6 Å². The summed E-state index contributed by atoms with van der Waals surface area (Å²) in [6.45, 7) is 0.0683. The summed E-state index contributed by atoms with van der Waals surface area (Å²) in [5.41, 5.74) is 6.62. The lowest BCUT2D eigenvalue weighted by Crippen LogP contribution is -2.71. The number of aromatic nitrogens is 1. The van der Waals surface area contributed by atoms with Crippen molar-refractivity contribution in [3.63, 3.8) is 0 Å². The van der Waals surface area contributed by atoms with Crippen molar-refractivity contribution >= 4 is 51.7 Å². The fourth-order valence-electron chi connectivity index (χ4n) is 3.45. The van der Waals surface area contributed by atoms with Crippen molar-refractivity contribution in [3.8, 4) is 6.07 Å². The van der Waals surface area contributed by atoms with Crippen LogP contribution in [-0.2, 0) is 30.6 Å². The molecule has 0 unspecified atom stereocenters. The third-order valence-corrected chi connectivity index (χ3v) is 7.01. The molecular weight excluding hydrogens is 496 g/mol. The molecule has 1 aromatic heterocycles. The number of oxime groups is 1. The number of carbonyl (C=O) groups excluding carboxylic acids is 2. The highest BCUT2D eigenvalue weighted by Gasteiger charge is 2.55. The standard InChI is InChI=1S/C21H18N6O6S2/c1-32-26-14(12-8-35-21(23)24-12)17(28)25-15-18(29)27-16(20(30)31)13(9-34-19(15)27)33-7-11-4-2-10(6-22)3-5-11/h2-5,8,15,19H,7,9H2,1H3,(H2,23,24)(H,25,28)(H,30,31)/b26-14-/t15-,19-/m1/s1. The molecule has 2 aliphatic heterocycles. The molecule has 1 saturated heterocycles. The third kappa shape index (κ3) is 4.77. The number of nitrogens with zero attached hydrogens (tertiary/aromatic N) is 4. The Bertz CT molecular complexity index is 1280. The minimum absolute atomic E-state index is 0.0683. The highest BCUT2D eigenvalue weighted by Crippen LogP contribution is 2.40. The van der Waals surface area contributed by atoms with Crippen molar-refractivity contribution in [2.24, 2.45) is 5.16 Å². The normalized spacial score (nSPS) is 19.4. The van der Waals surface area contributed by atoms with E-state index in [2.05, 4.69) is 15.5 Å². The summed E-state index contributed by atoms with van der Waals surface area (Å²) >= 11 is 2.37. The average molecular weight is 515 g/mol. The molecule has 2 aliphatic rings. The van der Waals surface area contributed by atoms with E-state index < -0.39 is 29.2 Å². The van der Waals surface area contributed by atoms with E-state index in [-0.39, 0.29) is 40.4 Å². The average Bonchev–Trinajstić information content (AvgIpc) is 3.29. The van der Waals surface area contributed by atoms with Crippen LogP contribution in [0.5, 0.6) is 0 Å². The van der Waals surface area contributed by atoms with Gasteiger partial charge < -0.3 is 25.7 Å². The second kappa shape index (κ2) is 10.0. The smallest absolute Gasteiger partial charge is 0.356 e. The quantitative estimate of drug-likeness (QED) is 0.260. The number of aliphatic carboxylic acids is 1. The van der Waals surface area contributed by atoms with Gasteiger partial charge >= 0.3 is 5.97 Å². The number of carboxylic acids is 1. The number of β-lactam (4-membered cyclic amide) rings is 1. The number of carbonyl (C=O) groups is 3. The summed E-state index contributed by atoms with van der Waals surface area (Å²) in [5, 5.41) is 26.1. The van der Waals surface area contributed by atoms with E-state index in [4.69, 9.17) is 20.6 Å². The number of anilines is 1. The number of nitriles is 1. The van der Waals surface area contributed by atoms with E-state index in [9.17, 15) is 19.5 Å². The molecule has 180 valence electrons. The monoisotopic (exact) mass is 514 g/mol. The number of nitrogens with two attached hydrogens (primary N) is 1. The Morgan fingerprint density at radius 1 is 1.40 bits per heavy atom. The van der Waals surface area contributed by atoms with E-state index in [1.165, 1.54) is 24.3 Å². The minimum Gasteiger partial charge on any atom is -0.490 e. The topological polar surface area (TPSA) is 180 Å². The van der Waals surface area contributed by atoms with Crippen LogP contribution < -0.4 is 11.1 Å². The van der Waals surface area contributed by atoms with Crippen LogP contribution in [0.25, 0.3) is 0 Å². The number of nitrogens with one attached hydrogen (secondary N) is 1. The van der Waals surface area contributed by atoms with Crippen LogP contribution in [0.2, 0.25) is 0 Å². The summed E-state index contributed by atoms with van der Waals surface area (Å²) in [4.78, 5) is 47.5. The van der Waals surface area contributed by atoms with Gasteiger partial charge in [-0.05, 0) is 17.7 Å². The maximum Gasteiger partial charge on any atom is 0.356 e. The van der Waals surface area contributed by atoms with E-state index >= 15 is 0 Å². The Hall–Kier alpha value is -4.09. The zero-order valence-electron chi connectivity index (χ0n) is 18.1. The third-order valence-electron chi connectivity index (χ3n) is 5.08. The van der Waals surface area contributed by atoms with Crippen LogP contribution in [-0.4, -0.2) is 62.8 Å². The summed E-state index contributed by atoms with van der Waals surface area (Å²) in [6, 6.07) is 7.71. The lowest BCUT2D eigenvalue weighted by Gasteiger charge is -2.48. The van der Waals surface area contributed by atoms with Crippen LogP contribution in [0.4, 0.5) is 5.13 Å². The van der Waals surface area contributed by atoms with Crippen LogP contribution in [0, 0.1) is 11.3 Å². The molecule has 12 nitrogen and oxygen atoms in total. The number of hydrogen-bond acceptors (Lipinski definition) is 11. The Labute approximate surface area is 207 Å². The van der Waals surface area contributed by atoms with Gasteiger partial charge in [0, 0.05) is 5.38 Å². The second-order valence-electron chi connectivity index (χ2n) is 7.23. The molecule has 0 radical (unpaired) electrons. The van der Waals surface area contributed by atoms with Crippen LogP contribution in [0.1, 0.15) is 16.8 Å². The van der Waals surface area contributed by atoms with Gasteiger partial charge in [0.2, 0.25) is 0 Å². The number of thioether (sulfide) groups is 1. The fourth-order valence-corrected chi connectivity index (χ4v) is 5.27. The molecule has 4 rings (SSSR count). The maximum absolute atomic E-state index is 12.9. The van der Waals surface area contributed by atoms with Crippen molar-refractivity contribution < 1.29 is 29.1 Å². The molecule has 0 saturated carbocycles. The number of ether oxygens (including phenoxy) is 1. The summed E-state index contributed by atoms with van der Waals surface area (Å²) in [7, 11) is 1.26. The first kappa shape index (κ1) is 24.0. The lowest BCUT2D eigenvalue weighted by atomic mass is 10.0. The largest absolute Gasteiger partial charge is 0.490 e. The maximum atomic E-state index is 12.9. The first-order valence-corrected chi connectivity index (χ1v) is 11.9. The molecule has 14 heteroatoms. The molecule has 3 heterocycles. The number of rotatable bonds is 8. The van der Waals surface area contributed by atoms with Gasteiger partial charge in [0.15, 0.2) is 16.5 Å². The van der Waals surface area contributed by atoms with Gasteiger partial charge in [-0.1, -0.05) is 17.3 Å². The van der Waals surface area contributed by atoms with Gasteiger partial charge in [-0.15, -0.1) is 23.1 Å². The lowest BCUT2D eigenvalue weighted by molar-refractivity contribution is -0.150. The predicted octanol–water partition coefficient (Wildman–Crippen LogP) is 0.860. The van der Waals surface area contributed by atoms with Gasteiger partial charge in [-0.2, -0.15) is 5.26 Å². The number of carboxylic acid groups (broad SMARTS) is 1. The van der Waals surface area contributed by atoms with Crippen molar-refractivity contribution in [1.29, 1.82) is 5.26 Å². The Balaban J connectivity index is 1.48. The Morgan fingerprint density at radius 2 is 2.14 bits per heavy atom. The number of amides is 2. The van der Waals surface area contributed by atoms with E-state index in [1.54, 1.807) is 24.3 Å². The number of nitrogen functional groups attached to an aromatic ring is 1. The molecule has 0 bridgehead atoms. The zero-order valence-corrected chi connectivity index (χ0v) is 19.8. The molecule has 1 fully saturated rings. The first-order valence-electron chi connectivity index (χ1n) is 10.0. The van der Waals surface area contributed by atoms with Crippen LogP contribution in [0.15, 0.2) is 46.3 Å². The van der Waals surface area contributed by atoms with Crippen LogP contribution in [0.3, 0.4) is 0 Å². The molecule has 0 spiro atoms. The summed E-state index contributed by atoms with van der Waals surface area (Å²) < 4.78 is 5.72. The number of thiazole rings is 1. The predicted molar refractivity (Wildman–Crippen MR) is 126 cm³/mol. The van der Waals surface area contributed by atoms with Gasteiger partial charge in [0.25, 0.3) is 11.8 Å². The molecule has 2 aromatic rings. The second-order valence-corrected chi connectivity index (χ2v) is 9.22. The van der Waals surface area contributed by atoms with Crippen molar-refractivity contribution in [2.75, 3.05) is 18.6 Å². The Morgan fingerprint density at radius 3 is 2.74 bits per heavy atom. The molecular formula is C21H18N6O6S2. The van der Waals surface area contributed by atoms with E-state index in [1.807, 2.05) is 6.07 Å². The number of benzene rings is 1. The molecule has 35 heavy (non-hydrogen) atoms. The van der Waals surface area contributed by atoms with Gasteiger partial charge in [-0.3, -0.25) is 14.5 Å². The van der Waals surface area contributed by atoms with Crippen molar-refractivity contribution in [2.45, 2.75) is 18.0 Å². The SMILES string of the molecule is CO/N=C(\C(=O)N[C@@H]1C(=O)N2C(C(=O)O)=C(OCc3ccc(C#N)cc3)CS[C@H]12)c1csc(N)n1. The highest BCUT2D eigenvalue weighted by molar-refractivity contribution is 8.00. The fraction of sp³-hybridized carbons (Fsp3) is 0.238. The van der Waals surface area contributed by atoms with Crippen molar-refractivity contribution in [3.05, 3.63) is 57.9 Å². The van der Waals surface area contributed by atoms with E-state index in [0.717, 1.165) is 21.8 Å². The molecule has 2 atom stereocenters. The van der Waals surface area contributed by atoms with Crippen molar-refractivity contribution in [1.82, 2.24) is 15.2 Å². The van der Waals surface area contributed by atoms with Gasteiger partial charge in [0.05, 0.1) is 17.4 Å². The first-order chi connectivity index (χ1) is 16.8. The number of fused-ring (bicyclic) bond motifs is 1. The van der Waals surface area contributed by atoms with Crippen LogP contribution >= 0.6 is 23.1 Å². The zero-order chi connectivity index (χ0) is 25.1. The molecule has 0 aliphatic carbocycles. The Kier molecular flexibility index (Phi) is 6.90. The summed E-state index contributed by atoms with van der Waals surface area (Å²) in [5.74, 6) is -2.30. The number of hydrogen-bond donors (Lipinski definition) is 3. The van der Waals surface area contributed by atoms with Gasteiger partial charge in [-0.25, -0.2) is 9.78 Å². The summed E-state index contributed by atoms with van der Waals surface area (Å²) in [6.07, 6.45) is 0. The highest BCUT2D eigenvalue weighted by atomic mass is 32.2. The molecule has 4 N–H and O–H groups in total. The van der Waals surface area contributed by atoms with E-state index in [0.29, 0.717) is 5.56 Å². The molecule has 2 amide bonds. The minimum atomic E-state index is -1.32. The molecule has 1 aromatic carbocycles.